The molecule has 2 aliphatic heterocycles. The van der Waals surface area contributed by atoms with Gasteiger partial charge >= 0.3 is 6.85 Å². The molecule has 0 radical (unpaired) electrons. The molecule has 2 aliphatic rings. The Labute approximate surface area is 383 Å². The molecular weight excluding hydrogens is 789 g/mol. The number of hydrogen-bond donors (Lipinski definition) is 0. The summed E-state index contributed by atoms with van der Waals surface area (Å²) in [5.74, 6) is 0.941. The first kappa shape index (κ1) is 40.1. The predicted molar refractivity (Wildman–Crippen MR) is 279 cm³/mol. The number of rotatable bonds is 2. The largest absolute Gasteiger partial charge is 0.454 e. The zero-order valence-corrected chi connectivity index (χ0v) is 40.0. The Morgan fingerprint density at radius 1 is 0.431 bits per heavy atom. The molecule has 0 unspecified atom stereocenters. The lowest BCUT2D eigenvalue weighted by atomic mass is 9.43. The van der Waals surface area contributed by atoms with Crippen molar-refractivity contribution in [1.82, 2.24) is 9.13 Å². The van der Waals surface area contributed by atoms with Gasteiger partial charge in [0.25, 0.3) is 0 Å². The van der Waals surface area contributed by atoms with Gasteiger partial charge in [0.05, 0.1) is 27.8 Å². The van der Waals surface area contributed by atoms with Crippen molar-refractivity contribution in [2.75, 3.05) is 4.81 Å². The van der Waals surface area contributed by atoms with Gasteiger partial charge in [0, 0.05) is 49.6 Å². The summed E-state index contributed by atoms with van der Waals surface area (Å²) >= 11 is 0. The van der Waals surface area contributed by atoms with Gasteiger partial charge in [-0.25, -0.2) is 0 Å². The molecule has 0 atom stereocenters. The summed E-state index contributed by atoms with van der Waals surface area (Å²) in [7, 11) is 0. The number of benzene rings is 7. The summed E-state index contributed by atoms with van der Waals surface area (Å²) in [5, 5.41) is 6.25. The molecule has 0 spiro atoms. The first-order valence-corrected chi connectivity index (χ1v) is 23.5. The lowest BCUT2D eigenvalue weighted by Gasteiger charge is -2.41. The molecule has 0 saturated carbocycles. The first-order valence-electron chi connectivity index (χ1n) is 23.5. The van der Waals surface area contributed by atoms with E-state index in [0.29, 0.717) is 0 Å². The zero-order valence-electron chi connectivity index (χ0n) is 40.0. The van der Waals surface area contributed by atoms with E-state index in [1.165, 1.54) is 93.7 Å². The molecule has 0 bridgehead atoms. The highest BCUT2D eigenvalue weighted by molar-refractivity contribution is 6.93. The van der Waals surface area contributed by atoms with Gasteiger partial charge in [-0.05, 0) is 134 Å². The molecule has 12 rings (SSSR count). The Morgan fingerprint density at radius 3 is 1.68 bits per heavy atom. The Hall–Kier alpha value is -6.46. The fourth-order valence-electron chi connectivity index (χ4n) is 11.0. The number of nitrogens with zero attached hydrogens (tertiary/aromatic N) is 3. The molecule has 5 heterocycles. The monoisotopic (exact) mass is 847 g/mol. The molecule has 0 fully saturated rings. The van der Waals surface area contributed by atoms with Gasteiger partial charge in [-0.2, -0.15) is 0 Å². The highest BCUT2D eigenvalue weighted by Crippen LogP contribution is 2.51. The molecule has 65 heavy (non-hydrogen) atoms. The second-order valence-electron chi connectivity index (χ2n) is 23.1. The van der Waals surface area contributed by atoms with Crippen molar-refractivity contribution in [1.29, 1.82) is 0 Å². The van der Waals surface area contributed by atoms with Gasteiger partial charge in [-0.1, -0.05) is 138 Å². The first-order chi connectivity index (χ1) is 30.8. The lowest BCUT2D eigenvalue weighted by Crippen LogP contribution is -2.60. The van der Waals surface area contributed by atoms with Crippen LogP contribution in [-0.4, -0.2) is 16.0 Å². The Morgan fingerprint density at radius 2 is 1.00 bits per heavy atom. The van der Waals surface area contributed by atoms with E-state index in [0.717, 1.165) is 28.1 Å². The van der Waals surface area contributed by atoms with Gasteiger partial charge in [0.1, 0.15) is 5.58 Å². The van der Waals surface area contributed by atoms with Crippen molar-refractivity contribution in [3.05, 3.63) is 156 Å². The van der Waals surface area contributed by atoms with Crippen LogP contribution < -0.4 is 15.7 Å². The van der Waals surface area contributed by atoms with Crippen LogP contribution in [0.3, 0.4) is 0 Å². The maximum Gasteiger partial charge on any atom is 0.333 e. The lowest BCUT2D eigenvalue weighted by molar-refractivity contribution is 0.588. The highest BCUT2D eigenvalue weighted by Gasteiger charge is 2.47. The van der Waals surface area contributed by atoms with Gasteiger partial charge in [0.15, 0.2) is 5.76 Å². The topological polar surface area (TPSA) is 26.2 Å². The Balaban J connectivity index is 1.28. The third-order valence-electron chi connectivity index (χ3n) is 14.7. The van der Waals surface area contributed by atoms with E-state index in [9.17, 15) is 0 Å². The number of fused-ring (bicyclic) bond motifs is 12. The molecule has 322 valence electrons. The summed E-state index contributed by atoms with van der Waals surface area (Å²) in [4.78, 5) is 2.62. The quantitative estimate of drug-likeness (QED) is 0.162. The normalized spacial score (nSPS) is 14.1. The highest BCUT2D eigenvalue weighted by atomic mass is 16.3. The molecular formula is C60H58BN3O. The van der Waals surface area contributed by atoms with Crippen molar-refractivity contribution in [3.8, 4) is 22.7 Å². The molecule has 0 amide bonds. The SMILES string of the molecule is CC(C)(C)c1ccc(N2B3c4c(cc(C(C)(C)C)cc4-n4c5cc6c7cc(C(C)(C)C)ccc7n(-c7ccccc7)c6cc5c5cc(C(C)(C)C)cc3c54)-c3oc4ccccc4c32)cc1. The minimum Gasteiger partial charge on any atom is -0.454 e. The van der Waals surface area contributed by atoms with Crippen molar-refractivity contribution < 1.29 is 4.42 Å². The van der Waals surface area contributed by atoms with E-state index in [4.69, 9.17) is 4.42 Å². The molecule has 0 saturated heterocycles. The van der Waals surface area contributed by atoms with Crippen LogP contribution in [0.5, 0.6) is 0 Å². The standard InChI is InChI=1S/C60H58BN3O/c1-57(2,3)35-22-25-40(26-23-35)64-55-41-20-16-17-21-52(41)65-56(55)46-30-38(60(10,11)12)32-51-53(46)61(64)47-31-37(59(7,8)9)29-45-44-34-49-43(33-50(44)63(51)54(45)47)42-28-36(58(4,5)6)24-27-48(42)62(49)39-18-14-13-15-19-39/h13-34H,1-12H3. The van der Waals surface area contributed by atoms with E-state index in [-0.39, 0.29) is 28.5 Å². The third-order valence-corrected chi connectivity index (χ3v) is 14.7. The summed E-state index contributed by atoms with van der Waals surface area (Å²) in [6, 6.07) is 51.1. The Kier molecular flexibility index (Phi) is 8.07. The van der Waals surface area contributed by atoms with Gasteiger partial charge < -0.3 is 18.4 Å². The second kappa shape index (κ2) is 13.1. The van der Waals surface area contributed by atoms with E-state index >= 15 is 0 Å². The van der Waals surface area contributed by atoms with E-state index in [1.807, 2.05) is 0 Å². The van der Waals surface area contributed by atoms with Gasteiger partial charge in [-0.3, -0.25) is 0 Å². The van der Waals surface area contributed by atoms with Crippen molar-refractivity contribution in [3.63, 3.8) is 0 Å². The van der Waals surface area contributed by atoms with Crippen LogP contribution in [-0.2, 0) is 21.7 Å². The molecule has 7 aromatic carbocycles. The van der Waals surface area contributed by atoms with Crippen LogP contribution in [0.25, 0.3) is 77.3 Å². The number of hydrogen-bond acceptors (Lipinski definition) is 2. The third kappa shape index (κ3) is 5.76. The average Bonchev–Trinajstić information content (AvgIpc) is 3.91. The fourth-order valence-corrected chi connectivity index (χ4v) is 11.0. The minimum atomic E-state index is -0.120. The fraction of sp³-hybridized carbons (Fsp3) is 0.267. The molecule has 0 aliphatic carbocycles. The maximum absolute atomic E-state index is 7.13. The smallest absolute Gasteiger partial charge is 0.333 e. The van der Waals surface area contributed by atoms with Crippen molar-refractivity contribution in [2.24, 2.45) is 0 Å². The second-order valence-corrected chi connectivity index (χ2v) is 23.1. The van der Waals surface area contributed by atoms with Crippen molar-refractivity contribution in [2.45, 2.75) is 105 Å². The summed E-state index contributed by atoms with van der Waals surface area (Å²) < 4.78 is 12.3. The minimum absolute atomic E-state index is 0.00334. The molecule has 4 nitrogen and oxygen atoms in total. The summed E-state index contributed by atoms with van der Waals surface area (Å²) in [6.07, 6.45) is 0. The summed E-state index contributed by atoms with van der Waals surface area (Å²) in [5.41, 5.74) is 19.5. The van der Waals surface area contributed by atoms with Crippen LogP contribution in [0, 0.1) is 0 Å². The van der Waals surface area contributed by atoms with Gasteiger partial charge in [0.2, 0.25) is 0 Å². The predicted octanol–water partition coefficient (Wildman–Crippen LogP) is 15.1. The maximum atomic E-state index is 7.13. The van der Waals surface area contributed by atoms with Crippen LogP contribution in [0.4, 0.5) is 11.4 Å². The number of para-hydroxylation sites is 2. The van der Waals surface area contributed by atoms with E-state index < -0.39 is 0 Å². The van der Waals surface area contributed by atoms with Crippen molar-refractivity contribution >= 4 is 83.7 Å². The summed E-state index contributed by atoms with van der Waals surface area (Å²) in [6.45, 7) is 27.8. The number of furan rings is 1. The molecule has 0 N–H and O–H groups in total. The van der Waals surface area contributed by atoms with E-state index in [2.05, 4.69) is 230 Å². The molecule has 3 aromatic heterocycles. The van der Waals surface area contributed by atoms with Crippen LogP contribution >= 0.6 is 0 Å². The van der Waals surface area contributed by atoms with Crippen LogP contribution in [0.15, 0.2) is 138 Å². The average molecular weight is 848 g/mol. The molecule has 10 aromatic rings. The van der Waals surface area contributed by atoms with Crippen LogP contribution in [0.1, 0.15) is 105 Å². The van der Waals surface area contributed by atoms with E-state index in [1.54, 1.807) is 0 Å². The Bertz CT molecular complexity index is 3630. The zero-order chi connectivity index (χ0) is 45.3. The van der Waals surface area contributed by atoms with Gasteiger partial charge in [-0.15, -0.1) is 0 Å². The molecule has 5 heteroatoms. The number of anilines is 2. The van der Waals surface area contributed by atoms with Crippen LogP contribution in [0.2, 0.25) is 0 Å². The number of aromatic nitrogens is 2.